The van der Waals surface area contributed by atoms with Crippen LogP contribution < -0.4 is 0 Å². The van der Waals surface area contributed by atoms with Crippen molar-refractivity contribution in [2.75, 3.05) is 25.6 Å². The van der Waals surface area contributed by atoms with E-state index in [1.807, 2.05) is 0 Å². The molecule has 1 aliphatic rings. The maximum absolute atomic E-state index is 5.99. The van der Waals surface area contributed by atoms with Gasteiger partial charge in [0, 0.05) is 18.6 Å². The molecule has 0 atom stereocenters. The predicted molar refractivity (Wildman–Crippen MR) is 66.7 cm³/mol. The number of hydrogen-bond donors (Lipinski definition) is 1. The molecule has 0 radical (unpaired) electrons. The Morgan fingerprint density at radius 3 is 2.33 bits per heavy atom. The lowest BCUT2D eigenvalue weighted by atomic mass is 9.85. The van der Waals surface area contributed by atoms with E-state index in [-0.39, 0.29) is 5.41 Å². The van der Waals surface area contributed by atoms with Gasteiger partial charge < -0.3 is 9.47 Å². The molecule has 0 amide bonds. The van der Waals surface area contributed by atoms with Gasteiger partial charge in [0.1, 0.15) is 0 Å². The minimum Gasteiger partial charge on any atom is -0.381 e. The summed E-state index contributed by atoms with van der Waals surface area (Å²) in [7, 11) is 0. The zero-order valence-electron chi connectivity index (χ0n) is 10.00. The largest absolute Gasteiger partial charge is 0.381 e. The zero-order chi connectivity index (χ0) is 11.1. The smallest absolute Gasteiger partial charge is 0.0619 e. The van der Waals surface area contributed by atoms with Crippen molar-refractivity contribution in [1.29, 1.82) is 0 Å². The molecule has 0 aromatic carbocycles. The summed E-state index contributed by atoms with van der Waals surface area (Å²) in [4.78, 5) is 0. The van der Waals surface area contributed by atoms with E-state index in [1.54, 1.807) is 0 Å². The fourth-order valence-corrected chi connectivity index (χ4v) is 2.40. The Bertz CT molecular complexity index is 155. The number of hydrogen-bond acceptors (Lipinski definition) is 3. The SMILES string of the molecule is CCC(CC)(CS)COC1CCOCC1. The van der Waals surface area contributed by atoms with Crippen LogP contribution in [0.5, 0.6) is 0 Å². The zero-order valence-corrected chi connectivity index (χ0v) is 10.9. The van der Waals surface area contributed by atoms with E-state index < -0.39 is 0 Å². The molecule has 0 saturated carbocycles. The van der Waals surface area contributed by atoms with Gasteiger partial charge >= 0.3 is 0 Å². The maximum atomic E-state index is 5.99. The third kappa shape index (κ3) is 3.97. The first-order chi connectivity index (χ1) is 7.26. The first-order valence-corrected chi connectivity index (χ1v) is 6.70. The van der Waals surface area contributed by atoms with Crippen LogP contribution in [0.15, 0.2) is 0 Å². The van der Waals surface area contributed by atoms with Crippen LogP contribution in [0.2, 0.25) is 0 Å². The van der Waals surface area contributed by atoms with Crippen LogP contribution in [0, 0.1) is 5.41 Å². The van der Waals surface area contributed by atoms with Gasteiger partial charge in [0.15, 0.2) is 0 Å². The van der Waals surface area contributed by atoms with E-state index in [0.29, 0.717) is 6.10 Å². The fourth-order valence-electron chi connectivity index (χ4n) is 1.86. The van der Waals surface area contributed by atoms with Crippen molar-refractivity contribution in [3.05, 3.63) is 0 Å². The Labute approximate surface area is 99.1 Å². The standard InChI is InChI=1S/C12H24O2S/c1-3-12(4-2,10-15)9-14-11-5-7-13-8-6-11/h11,15H,3-10H2,1-2H3. The molecule has 1 fully saturated rings. The highest BCUT2D eigenvalue weighted by Gasteiger charge is 2.26. The normalized spacial score (nSPS) is 19.4. The van der Waals surface area contributed by atoms with Gasteiger partial charge in [-0.1, -0.05) is 13.8 Å². The molecule has 90 valence electrons. The Morgan fingerprint density at radius 2 is 1.87 bits per heavy atom. The molecule has 1 heterocycles. The van der Waals surface area contributed by atoms with Crippen LogP contribution in [0.4, 0.5) is 0 Å². The summed E-state index contributed by atoms with van der Waals surface area (Å²) in [6, 6.07) is 0. The van der Waals surface area contributed by atoms with Gasteiger partial charge in [-0.25, -0.2) is 0 Å². The van der Waals surface area contributed by atoms with E-state index in [9.17, 15) is 0 Å². The van der Waals surface area contributed by atoms with Gasteiger partial charge in [0.2, 0.25) is 0 Å². The summed E-state index contributed by atoms with van der Waals surface area (Å²) in [5.74, 6) is 0.920. The average Bonchev–Trinajstić information content (AvgIpc) is 2.33. The van der Waals surface area contributed by atoms with Crippen LogP contribution in [-0.2, 0) is 9.47 Å². The molecule has 0 aliphatic carbocycles. The second-order valence-electron chi connectivity index (χ2n) is 4.49. The highest BCUT2D eigenvalue weighted by molar-refractivity contribution is 7.80. The van der Waals surface area contributed by atoms with E-state index in [1.165, 1.54) is 0 Å². The quantitative estimate of drug-likeness (QED) is 0.710. The topological polar surface area (TPSA) is 18.5 Å². The molecule has 1 aliphatic heterocycles. The lowest BCUT2D eigenvalue weighted by molar-refractivity contribution is -0.0593. The number of thiol groups is 1. The summed E-state index contributed by atoms with van der Waals surface area (Å²) in [5.41, 5.74) is 0.279. The van der Waals surface area contributed by atoms with Crippen LogP contribution in [0.1, 0.15) is 39.5 Å². The predicted octanol–water partition coefficient (Wildman–Crippen LogP) is 2.92. The van der Waals surface area contributed by atoms with Gasteiger partial charge in [-0.05, 0) is 31.4 Å². The third-order valence-electron chi connectivity index (χ3n) is 3.63. The Hall–Kier alpha value is 0.270. The van der Waals surface area contributed by atoms with Crippen LogP contribution >= 0.6 is 12.6 Å². The molecular formula is C12H24O2S. The minimum absolute atomic E-state index is 0.279. The highest BCUT2D eigenvalue weighted by atomic mass is 32.1. The molecule has 1 rings (SSSR count). The summed E-state index contributed by atoms with van der Waals surface area (Å²) in [6.07, 6.45) is 4.81. The molecule has 0 N–H and O–H groups in total. The summed E-state index contributed by atoms with van der Waals surface area (Å²) >= 11 is 4.45. The first-order valence-electron chi connectivity index (χ1n) is 6.06. The van der Waals surface area contributed by atoms with Crippen molar-refractivity contribution in [3.8, 4) is 0 Å². The molecule has 0 unspecified atom stereocenters. The van der Waals surface area contributed by atoms with E-state index >= 15 is 0 Å². The van der Waals surface area contributed by atoms with Crippen molar-refractivity contribution in [2.24, 2.45) is 5.41 Å². The summed E-state index contributed by atoms with van der Waals surface area (Å²) in [5, 5.41) is 0. The van der Waals surface area contributed by atoms with Gasteiger partial charge in [0.05, 0.1) is 12.7 Å². The van der Waals surface area contributed by atoms with Crippen molar-refractivity contribution in [3.63, 3.8) is 0 Å². The summed E-state index contributed by atoms with van der Waals surface area (Å²) in [6.45, 7) is 7.03. The molecule has 2 nitrogen and oxygen atoms in total. The monoisotopic (exact) mass is 232 g/mol. The molecule has 0 spiro atoms. The molecular weight excluding hydrogens is 208 g/mol. The maximum Gasteiger partial charge on any atom is 0.0619 e. The molecule has 15 heavy (non-hydrogen) atoms. The highest BCUT2D eigenvalue weighted by Crippen LogP contribution is 2.29. The molecule has 0 aromatic heterocycles. The lowest BCUT2D eigenvalue weighted by Crippen LogP contribution is -2.32. The fraction of sp³-hybridized carbons (Fsp3) is 1.00. The van der Waals surface area contributed by atoms with Gasteiger partial charge in [-0.2, -0.15) is 12.6 Å². The lowest BCUT2D eigenvalue weighted by Gasteiger charge is -2.32. The Kier molecular flexibility index (Phi) is 6.02. The molecule has 1 saturated heterocycles. The minimum atomic E-state index is 0.279. The number of ether oxygens (including phenoxy) is 2. The van der Waals surface area contributed by atoms with Crippen molar-refractivity contribution in [1.82, 2.24) is 0 Å². The third-order valence-corrected chi connectivity index (χ3v) is 4.30. The molecule has 0 bridgehead atoms. The van der Waals surface area contributed by atoms with Crippen LogP contribution in [-0.4, -0.2) is 31.7 Å². The molecule has 3 heteroatoms. The van der Waals surface area contributed by atoms with E-state index in [0.717, 1.165) is 51.3 Å². The molecule has 0 aromatic rings. The van der Waals surface area contributed by atoms with Crippen molar-refractivity contribution in [2.45, 2.75) is 45.6 Å². The van der Waals surface area contributed by atoms with Crippen molar-refractivity contribution < 1.29 is 9.47 Å². The van der Waals surface area contributed by atoms with Crippen LogP contribution in [0.25, 0.3) is 0 Å². The summed E-state index contributed by atoms with van der Waals surface area (Å²) < 4.78 is 11.3. The van der Waals surface area contributed by atoms with Gasteiger partial charge in [0.25, 0.3) is 0 Å². The Morgan fingerprint density at radius 1 is 1.27 bits per heavy atom. The van der Waals surface area contributed by atoms with Crippen LogP contribution in [0.3, 0.4) is 0 Å². The second kappa shape index (κ2) is 6.77. The van der Waals surface area contributed by atoms with E-state index in [4.69, 9.17) is 9.47 Å². The van der Waals surface area contributed by atoms with Crippen molar-refractivity contribution >= 4 is 12.6 Å². The number of rotatable bonds is 6. The van der Waals surface area contributed by atoms with Gasteiger partial charge in [-0.15, -0.1) is 0 Å². The second-order valence-corrected chi connectivity index (χ2v) is 4.80. The van der Waals surface area contributed by atoms with Gasteiger partial charge in [-0.3, -0.25) is 0 Å². The first kappa shape index (κ1) is 13.3. The Balaban J connectivity index is 2.31. The van der Waals surface area contributed by atoms with E-state index in [2.05, 4.69) is 26.5 Å². The average molecular weight is 232 g/mol.